The number of hydrogen-bond acceptors (Lipinski definition) is 2. The molecule has 19 heavy (non-hydrogen) atoms. The monoisotopic (exact) mass is 266 g/mol. The highest BCUT2D eigenvalue weighted by Gasteiger charge is 2.18. The van der Waals surface area contributed by atoms with Gasteiger partial charge in [0.15, 0.2) is 0 Å². The molecule has 1 N–H and O–H groups in total. The van der Waals surface area contributed by atoms with Crippen molar-refractivity contribution in [3.63, 3.8) is 0 Å². The lowest BCUT2D eigenvalue weighted by atomic mass is 9.82. The van der Waals surface area contributed by atoms with E-state index in [2.05, 4.69) is 24.1 Å². The molecule has 1 heterocycles. The van der Waals surface area contributed by atoms with Gasteiger partial charge in [-0.3, -0.25) is 0 Å². The molecule has 1 aliphatic heterocycles. The van der Waals surface area contributed by atoms with Crippen LogP contribution in [0.25, 0.3) is 0 Å². The summed E-state index contributed by atoms with van der Waals surface area (Å²) in [5.41, 5.74) is 0. The third kappa shape index (κ3) is 5.83. The van der Waals surface area contributed by atoms with Crippen molar-refractivity contribution in [3.05, 3.63) is 0 Å². The molecule has 0 aromatic rings. The Morgan fingerprint density at radius 3 is 2.53 bits per heavy atom. The Bertz CT molecular complexity index is 233. The van der Waals surface area contributed by atoms with Crippen molar-refractivity contribution in [3.8, 4) is 0 Å². The maximum Gasteiger partial charge on any atom is -0.000664 e. The van der Waals surface area contributed by atoms with Crippen LogP contribution >= 0.6 is 0 Å². The normalized spacial score (nSPS) is 30.6. The highest BCUT2D eigenvalue weighted by molar-refractivity contribution is 4.73. The topological polar surface area (TPSA) is 15.3 Å². The van der Waals surface area contributed by atoms with E-state index in [-0.39, 0.29) is 0 Å². The predicted molar refractivity (Wildman–Crippen MR) is 83.4 cm³/mol. The Balaban J connectivity index is 1.46. The number of likely N-dealkylation sites (tertiary alicyclic amines) is 1. The van der Waals surface area contributed by atoms with Gasteiger partial charge in [0.2, 0.25) is 0 Å². The highest BCUT2D eigenvalue weighted by atomic mass is 15.1. The molecule has 0 bridgehead atoms. The second kappa shape index (κ2) is 8.26. The molecule has 2 atom stereocenters. The van der Waals surface area contributed by atoms with Crippen LogP contribution in [0.5, 0.6) is 0 Å². The minimum Gasteiger partial charge on any atom is -0.316 e. The van der Waals surface area contributed by atoms with Crippen LogP contribution in [0.2, 0.25) is 0 Å². The van der Waals surface area contributed by atoms with Crippen molar-refractivity contribution in [1.29, 1.82) is 0 Å². The lowest BCUT2D eigenvalue weighted by Gasteiger charge is -2.30. The molecule has 2 fully saturated rings. The molecular formula is C17H34N2. The fourth-order valence-electron chi connectivity index (χ4n) is 3.76. The highest BCUT2D eigenvalue weighted by Crippen LogP contribution is 2.27. The maximum absolute atomic E-state index is 3.70. The molecule has 0 radical (unpaired) electrons. The first-order valence-electron chi connectivity index (χ1n) is 8.67. The Morgan fingerprint density at radius 1 is 1.00 bits per heavy atom. The third-order valence-electron chi connectivity index (χ3n) is 5.18. The van der Waals surface area contributed by atoms with Crippen molar-refractivity contribution >= 4 is 0 Å². The first kappa shape index (κ1) is 15.3. The fourth-order valence-corrected chi connectivity index (χ4v) is 3.76. The molecule has 2 aliphatic rings. The molecular weight excluding hydrogens is 232 g/mol. The smallest absolute Gasteiger partial charge is 0.000664 e. The van der Waals surface area contributed by atoms with E-state index in [1.807, 2.05) is 0 Å². The van der Waals surface area contributed by atoms with Gasteiger partial charge in [0.1, 0.15) is 0 Å². The van der Waals surface area contributed by atoms with Gasteiger partial charge in [-0.15, -0.1) is 0 Å². The summed E-state index contributed by atoms with van der Waals surface area (Å²) in [5, 5.41) is 3.70. The van der Waals surface area contributed by atoms with Crippen LogP contribution in [0.3, 0.4) is 0 Å². The van der Waals surface area contributed by atoms with Crippen LogP contribution < -0.4 is 5.32 Å². The van der Waals surface area contributed by atoms with Crippen LogP contribution in [0.1, 0.15) is 58.8 Å². The molecule has 2 heteroatoms. The molecule has 1 saturated heterocycles. The summed E-state index contributed by atoms with van der Waals surface area (Å²) in [6, 6.07) is 0. The molecule has 1 saturated carbocycles. The fraction of sp³-hybridized carbons (Fsp3) is 1.00. The summed E-state index contributed by atoms with van der Waals surface area (Å²) in [6.45, 7) is 11.3. The summed E-state index contributed by atoms with van der Waals surface area (Å²) in [4.78, 5) is 2.66. The van der Waals surface area contributed by atoms with Crippen molar-refractivity contribution < 1.29 is 0 Å². The van der Waals surface area contributed by atoms with E-state index in [1.165, 1.54) is 77.7 Å². The third-order valence-corrected chi connectivity index (χ3v) is 5.18. The van der Waals surface area contributed by atoms with Crippen LogP contribution in [0.15, 0.2) is 0 Å². The minimum absolute atomic E-state index is 0.958. The first-order valence-corrected chi connectivity index (χ1v) is 8.67. The maximum atomic E-state index is 3.70. The standard InChI is InChI=1S/C17H34N2/c1-15-7-11-19(12-8-15)10-4-9-18-14-17-6-3-5-16(2)13-17/h15-18H,3-14H2,1-2H3. The molecule has 112 valence electrons. The molecule has 0 spiro atoms. The van der Waals surface area contributed by atoms with Crippen molar-refractivity contribution in [2.45, 2.75) is 58.8 Å². The van der Waals surface area contributed by atoms with Crippen molar-refractivity contribution in [1.82, 2.24) is 10.2 Å². The second-order valence-electron chi connectivity index (χ2n) is 7.22. The van der Waals surface area contributed by atoms with Gasteiger partial charge in [0.25, 0.3) is 0 Å². The average Bonchev–Trinajstić information content (AvgIpc) is 2.41. The summed E-state index contributed by atoms with van der Waals surface area (Å²) in [6.07, 6.45) is 9.99. The van der Waals surface area contributed by atoms with E-state index in [4.69, 9.17) is 0 Å². The van der Waals surface area contributed by atoms with Gasteiger partial charge in [-0.2, -0.15) is 0 Å². The number of nitrogens with one attached hydrogen (secondary N) is 1. The zero-order valence-electron chi connectivity index (χ0n) is 13.2. The van der Waals surface area contributed by atoms with Gasteiger partial charge in [-0.25, -0.2) is 0 Å². The van der Waals surface area contributed by atoms with Gasteiger partial charge in [0.05, 0.1) is 0 Å². The van der Waals surface area contributed by atoms with Crippen LogP contribution in [0, 0.1) is 17.8 Å². The molecule has 2 rings (SSSR count). The molecule has 1 aliphatic carbocycles. The van der Waals surface area contributed by atoms with Crippen LogP contribution in [-0.2, 0) is 0 Å². The second-order valence-corrected chi connectivity index (χ2v) is 7.22. The van der Waals surface area contributed by atoms with Crippen molar-refractivity contribution in [2.75, 3.05) is 32.7 Å². The summed E-state index contributed by atoms with van der Waals surface area (Å²) < 4.78 is 0. The Kier molecular flexibility index (Phi) is 6.66. The van der Waals surface area contributed by atoms with Gasteiger partial charge in [0, 0.05) is 0 Å². The summed E-state index contributed by atoms with van der Waals surface area (Å²) in [5.74, 6) is 2.89. The Hall–Kier alpha value is -0.0800. The minimum atomic E-state index is 0.958. The molecule has 2 nitrogen and oxygen atoms in total. The van der Waals surface area contributed by atoms with Gasteiger partial charge < -0.3 is 10.2 Å². The SMILES string of the molecule is CC1CCN(CCCNCC2CCCC(C)C2)CC1. The van der Waals surface area contributed by atoms with E-state index in [0.29, 0.717) is 0 Å². The summed E-state index contributed by atoms with van der Waals surface area (Å²) >= 11 is 0. The molecule has 0 aromatic heterocycles. The van der Waals surface area contributed by atoms with Crippen LogP contribution in [-0.4, -0.2) is 37.6 Å². The van der Waals surface area contributed by atoms with Crippen LogP contribution in [0.4, 0.5) is 0 Å². The number of piperidine rings is 1. The largest absolute Gasteiger partial charge is 0.316 e. The Morgan fingerprint density at radius 2 is 1.79 bits per heavy atom. The number of hydrogen-bond donors (Lipinski definition) is 1. The van der Waals surface area contributed by atoms with E-state index in [9.17, 15) is 0 Å². The number of nitrogens with zero attached hydrogens (tertiary/aromatic N) is 1. The molecule has 2 unspecified atom stereocenters. The zero-order valence-corrected chi connectivity index (χ0v) is 13.2. The van der Waals surface area contributed by atoms with Gasteiger partial charge >= 0.3 is 0 Å². The Labute approximate surface area is 120 Å². The lowest BCUT2D eigenvalue weighted by molar-refractivity contribution is 0.189. The van der Waals surface area contributed by atoms with E-state index < -0.39 is 0 Å². The van der Waals surface area contributed by atoms with E-state index >= 15 is 0 Å². The van der Waals surface area contributed by atoms with Gasteiger partial charge in [-0.05, 0) is 82.6 Å². The predicted octanol–water partition coefficient (Wildman–Crippen LogP) is 3.52. The van der Waals surface area contributed by atoms with E-state index in [1.54, 1.807) is 0 Å². The summed E-state index contributed by atoms with van der Waals surface area (Å²) in [7, 11) is 0. The average molecular weight is 266 g/mol. The van der Waals surface area contributed by atoms with E-state index in [0.717, 1.165) is 17.8 Å². The zero-order chi connectivity index (χ0) is 13.5. The number of rotatable bonds is 6. The lowest BCUT2D eigenvalue weighted by Crippen LogP contribution is -2.35. The van der Waals surface area contributed by atoms with Crippen molar-refractivity contribution in [2.24, 2.45) is 17.8 Å². The van der Waals surface area contributed by atoms with Gasteiger partial charge in [-0.1, -0.05) is 26.7 Å². The first-order chi connectivity index (χ1) is 9.24. The molecule has 0 aromatic carbocycles. The molecule has 0 amide bonds. The quantitative estimate of drug-likeness (QED) is 0.740.